The summed E-state index contributed by atoms with van der Waals surface area (Å²) in [7, 11) is -3.18. The van der Waals surface area contributed by atoms with Crippen LogP contribution in [0.5, 0.6) is 0 Å². The van der Waals surface area contributed by atoms with Crippen molar-refractivity contribution in [3.8, 4) is 0 Å². The van der Waals surface area contributed by atoms with Gasteiger partial charge in [0.15, 0.2) is 9.84 Å². The molecule has 0 radical (unpaired) electrons. The molecule has 0 N–H and O–H groups in total. The molecule has 4 heteroatoms. The van der Waals surface area contributed by atoms with Crippen LogP contribution < -0.4 is 0 Å². The van der Waals surface area contributed by atoms with Gasteiger partial charge in [-0.15, -0.1) is 0 Å². The van der Waals surface area contributed by atoms with E-state index in [-0.39, 0.29) is 11.2 Å². The molecule has 1 aromatic carbocycles. The van der Waals surface area contributed by atoms with Crippen LogP contribution in [0.25, 0.3) is 0 Å². The summed E-state index contributed by atoms with van der Waals surface area (Å²) in [6, 6.07) is 7.20. The first-order chi connectivity index (χ1) is 8.97. The van der Waals surface area contributed by atoms with Crippen molar-refractivity contribution in [2.75, 3.05) is 11.1 Å². The Morgan fingerprint density at radius 1 is 1.11 bits per heavy atom. The van der Waals surface area contributed by atoms with Crippen molar-refractivity contribution in [2.45, 2.75) is 43.9 Å². The monoisotopic (exact) mass is 344 g/mol. The van der Waals surface area contributed by atoms with Crippen LogP contribution in [-0.4, -0.2) is 19.5 Å². The van der Waals surface area contributed by atoms with Gasteiger partial charge in [0.25, 0.3) is 0 Å². The van der Waals surface area contributed by atoms with Crippen molar-refractivity contribution in [1.29, 1.82) is 0 Å². The van der Waals surface area contributed by atoms with E-state index < -0.39 is 9.84 Å². The van der Waals surface area contributed by atoms with Gasteiger partial charge in [-0.3, -0.25) is 0 Å². The van der Waals surface area contributed by atoms with Crippen molar-refractivity contribution in [3.05, 3.63) is 29.8 Å². The normalized spacial score (nSPS) is 19.3. The van der Waals surface area contributed by atoms with E-state index in [1.807, 2.05) is 19.1 Å². The lowest BCUT2D eigenvalue weighted by atomic mass is 9.77. The van der Waals surface area contributed by atoms with Crippen molar-refractivity contribution in [1.82, 2.24) is 0 Å². The fraction of sp³-hybridized carbons (Fsp3) is 0.600. The van der Waals surface area contributed by atoms with Crippen LogP contribution >= 0.6 is 15.9 Å². The minimum atomic E-state index is -3.18. The third-order valence-electron chi connectivity index (χ3n) is 4.07. The molecule has 0 aliphatic heterocycles. The van der Waals surface area contributed by atoms with Gasteiger partial charge >= 0.3 is 0 Å². The zero-order valence-corrected chi connectivity index (χ0v) is 13.8. The van der Waals surface area contributed by atoms with Crippen LogP contribution in [0.3, 0.4) is 0 Å². The molecule has 0 atom stereocenters. The number of aryl methyl sites for hydroxylation is 1. The minimum absolute atomic E-state index is 0.0675. The molecule has 0 saturated heterocycles. The molecule has 0 aromatic heterocycles. The van der Waals surface area contributed by atoms with Gasteiger partial charge in [-0.1, -0.05) is 52.9 Å². The summed E-state index contributed by atoms with van der Waals surface area (Å²) in [5, 5.41) is 0.783. The predicted molar refractivity (Wildman–Crippen MR) is 82.5 cm³/mol. The topological polar surface area (TPSA) is 34.1 Å². The summed E-state index contributed by atoms with van der Waals surface area (Å²) in [5.74, 6) is 0.272. The van der Waals surface area contributed by atoms with Gasteiger partial charge in [0.05, 0.1) is 10.6 Å². The summed E-state index contributed by atoms with van der Waals surface area (Å²) in [6.07, 6.45) is 5.57. The van der Waals surface area contributed by atoms with E-state index in [2.05, 4.69) is 15.9 Å². The minimum Gasteiger partial charge on any atom is -0.224 e. The highest BCUT2D eigenvalue weighted by atomic mass is 79.9. The molecule has 0 amide bonds. The van der Waals surface area contributed by atoms with Crippen LogP contribution in [0.1, 0.15) is 37.7 Å². The molecule has 2 nitrogen and oxygen atoms in total. The summed E-state index contributed by atoms with van der Waals surface area (Å²) >= 11 is 3.54. The average Bonchev–Trinajstić information content (AvgIpc) is 2.40. The van der Waals surface area contributed by atoms with Crippen molar-refractivity contribution in [3.63, 3.8) is 0 Å². The summed E-state index contributed by atoms with van der Waals surface area (Å²) in [6.45, 7) is 1.97. The quantitative estimate of drug-likeness (QED) is 0.770. The van der Waals surface area contributed by atoms with Gasteiger partial charge in [-0.25, -0.2) is 8.42 Å². The van der Waals surface area contributed by atoms with Crippen LogP contribution in [0.4, 0.5) is 0 Å². The van der Waals surface area contributed by atoms with Gasteiger partial charge in [0.1, 0.15) is 0 Å². The Kier molecular flexibility index (Phi) is 4.72. The second kappa shape index (κ2) is 5.96. The lowest BCUT2D eigenvalue weighted by Gasteiger charge is -2.35. The molecular formula is C15H21BrO2S. The van der Waals surface area contributed by atoms with E-state index in [0.717, 1.165) is 36.6 Å². The highest BCUT2D eigenvalue weighted by Crippen LogP contribution is 2.40. The lowest BCUT2D eigenvalue weighted by molar-refractivity contribution is 0.256. The number of halogens is 1. The molecule has 19 heavy (non-hydrogen) atoms. The van der Waals surface area contributed by atoms with E-state index in [1.54, 1.807) is 12.1 Å². The average molecular weight is 345 g/mol. The lowest BCUT2D eigenvalue weighted by Crippen LogP contribution is -2.34. The maximum Gasteiger partial charge on any atom is 0.178 e. The van der Waals surface area contributed by atoms with E-state index >= 15 is 0 Å². The van der Waals surface area contributed by atoms with Crippen LogP contribution in [0, 0.1) is 12.3 Å². The molecular weight excluding hydrogens is 324 g/mol. The van der Waals surface area contributed by atoms with Crippen LogP contribution in [-0.2, 0) is 9.84 Å². The van der Waals surface area contributed by atoms with Gasteiger partial charge < -0.3 is 0 Å². The molecule has 1 aromatic rings. The summed E-state index contributed by atoms with van der Waals surface area (Å²) < 4.78 is 25.1. The Hall–Kier alpha value is -0.350. The maximum absolute atomic E-state index is 12.6. The first-order valence-electron chi connectivity index (χ1n) is 6.83. The third kappa shape index (κ3) is 3.60. The Morgan fingerprint density at radius 2 is 1.68 bits per heavy atom. The Labute approximate surface area is 124 Å². The molecule has 0 unspecified atom stereocenters. The fourth-order valence-corrected chi connectivity index (χ4v) is 5.79. The highest BCUT2D eigenvalue weighted by Gasteiger charge is 2.36. The maximum atomic E-state index is 12.6. The molecule has 1 aliphatic carbocycles. The van der Waals surface area contributed by atoms with Crippen LogP contribution in [0.15, 0.2) is 29.2 Å². The number of hydrogen-bond acceptors (Lipinski definition) is 2. The van der Waals surface area contributed by atoms with E-state index in [1.165, 1.54) is 6.42 Å². The molecule has 1 aliphatic rings. The molecule has 2 rings (SSSR count). The standard InChI is InChI=1S/C15H21BrO2S/c1-13-5-7-14(8-6-13)19(17,18)12-15(11-16)9-3-2-4-10-15/h5-8H,2-4,9-12H2,1H3. The van der Waals surface area contributed by atoms with E-state index in [9.17, 15) is 8.42 Å². The second-order valence-corrected chi connectivity index (χ2v) is 8.32. The smallest absolute Gasteiger partial charge is 0.178 e. The van der Waals surface area contributed by atoms with Crippen molar-refractivity contribution in [2.24, 2.45) is 5.41 Å². The second-order valence-electron chi connectivity index (χ2n) is 5.77. The molecule has 106 valence electrons. The molecule has 0 bridgehead atoms. The van der Waals surface area contributed by atoms with Gasteiger partial charge in [-0.2, -0.15) is 0 Å². The molecule has 0 spiro atoms. The largest absolute Gasteiger partial charge is 0.224 e. The molecule has 1 saturated carbocycles. The zero-order chi connectivity index (χ0) is 13.9. The predicted octanol–water partition coefficient (Wildman–Crippen LogP) is 4.11. The highest BCUT2D eigenvalue weighted by molar-refractivity contribution is 9.09. The van der Waals surface area contributed by atoms with Crippen LogP contribution in [0.2, 0.25) is 0 Å². The number of alkyl halides is 1. The van der Waals surface area contributed by atoms with E-state index in [0.29, 0.717) is 4.90 Å². The summed E-state index contributed by atoms with van der Waals surface area (Å²) in [4.78, 5) is 0.462. The number of sulfone groups is 1. The van der Waals surface area contributed by atoms with E-state index in [4.69, 9.17) is 0 Å². The zero-order valence-electron chi connectivity index (χ0n) is 11.4. The molecule has 1 fully saturated rings. The SMILES string of the molecule is Cc1ccc(S(=O)(=O)CC2(CBr)CCCCC2)cc1. The van der Waals surface area contributed by atoms with Gasteiger partial charge in [0.2, 0.25) is 0 Å². The Bertz CT molecular complexity index is 514. The first kappa shape index (κ1) is 15.0. The third-order valence-corrected chi connectivity index (χ3v) is 7.25. The Morgan fingerprint density at radius 3 is 2.21 bits per heavy atom. The molecule has 0 heterocycles. The van der Waals surface area contributed by atoms with Gasteiger partial charge in [-0.05, 0) is 37.3 Å². The fourth-order valence-electron chi connectivity index (χ4n) is 2.85. The Balaban J connectivity index is 2.22. The number of rotatable bonds is 4. The van der Waals surface area contributed by atoms with Crippen molar-refractivity contribution >= 4 is 25.8 Å². The van der Waals surface area contributed by atoms with Gasteiger partial charge in [0, 0.05) is 5.33 Å². The number of hydrogen-bond donors (Lipinski definition) is 0. The first-order valence-corrected chi connectivity index (χ1v) is 9.60. The van der Waals surface area contributed by atoms with Crippen molar-refractivity contribution < 1.29 is 8.42 Å². The summed E-state index contributed by atoms with van der Waals surface area (Å²) in [5.41, 5.74) is 1.02. The number of benzene rings is 1.